The molecule has 0 radical (unpaired) electrons. The molecular formula is C13H19NOS. The van der Waals surface area contributed by atoms with Crippen LogP contribution in [0.2, 0.25) is 0 Å². The molecule has 0 saturated carbocycles. The van der Waals surface area contributed by atoms with Crippen LogP contribution in [0.5, 0.6) is 0 Å². The van der Waals surface area contributed by atoms with Gasteiger partial charge < -0.3 is 4.90 Å². The van der Waals surface area contributed by atoms with Gasteiger partial charge in [-0.25, -0.2) is 0 Å². The van der Waals surface area contributed by atoms with E-state index in [0.29, 0.717) is 0 Å². The van der Waals surface area contributed by atoms with E-state index in [2.05, 4.69) is 12.6 Å². The van der Waals surface area contributed by atoms with Crippen molar-refractivity contribution < 1.29 is 4.79 Å². The molecule has 1 rings (SSSR count). The van der Waals surface area contributed by atoms with E-state index < -0.39 is 0 Å². The summed E-state index contributed by atoms with van der Waals surface area (Å²) in [6.07, 6.45) is 0. The Morgan fingerprint density at radius 3 is 2.12 bits per heavy atom. The zero-order valence-electron chi connectivity index (χ0n) is 10.1. The molecule has 16 heavy (non-hydrogen) atoms. The Morgan fingerprint density at radius 1 is 1.25 bits per heavy atom. The van der Waals surface area contributed by atoms with Crippen molar-refractivity contribution in [3.05, 3.63) is 35.4 Å². The first-order chi connectivity index (χ1) is 7.60. The molecule has 0 fully saturated rings. The van der Waals surface area contributed by atoms with Crippen LogP contribution in [0.1, 0.15) is 41.9 Å². The number of hydrogen-bond acceptors (Lipinski definition) is 2. The Hall–Kier alpha value is -0.960. The molecule has 0 aliphatic carbocycles. The highest BCUT2D eigenvalue weighted by molar-refractivity contribution is 7.80. The number of benzene rings is 1. The molecule has 1 amide bonds. The average molecular weight is 237 g/mol. The topological polar surface area (TPSA) is 20.3 Å². The largest absolute Gasteiger partial charge is 0.339 e. The summed E-state index contributed by atoms with van der Waals surface area (Å²) in [5, 5.41) is 0.206. The summed E-state index contributed by atoms with van der Waals surface area (Å²) in [6, 6.07) is 7.69. The van der Waals surface area contributed by atoms with Crippen LogP contribution in [0.3, 0.4) is 0 Å². The van der Waals surface area contributed by atoms with Gasteiger partial charge in [0.25, 0.3) is 5.91 Å². The molecule has 2 nitrogen and oxygen atoms in total. The summed E-state index contributed by atoms with van der Waals surface area (Å²) in [5.41, 5.74) is 1.89. The fourth-order valence-corrected chi connectivity index (χ4v) is 1.77. The molecule has 0 bridgehead atoms. The van der Waals surface area contributed by atoms with Gasteiger partial charge in [-0.15, -0.1) is 0 Å². The van der Waals surface area contributed by atoms with Crippen LogP contribution in [-0.2, 0) is 0 Å². The molecule has 1 aromatic rings. The summed E-state index contributed by atoms with van der Waals surface area (Å²) in [6.45, 7) is 7.50. The molecule has 1 atom stereocenters. The normalized spacial score (nSPS) is 12.2. The van der Waals surface area contributed by atoms with E-state index in [1.54, 1.807) is 0 Å². The second-order valence-corrected chi connectivity index (χ2v) is 4.55. The molecule has 3 heteroatoms. The maximum Gasteiger partial charge on any atom is 0.253 e. The third-order valence-corrected chi connectivity index (χ3v) is 2.99. The predicted molar refractivity (Wildman–Crippen MR) is 71.1 cm³/mol. The van der Waals surface area contributed by atoms with Crippen LogP contribution in [0.25, 0.3) is 0 Å². The Balaban J connectivity index is 2.85. The second kappa shape index (κ2) is 5.94. The molecule has 0 spiro atoms. The zero-order chi connectivity index (χ0) is 12.1. The molecule has 0 aliphatic rings. The highest BCUT2D eigenvalue weighted by Crippen LogP contribution is 2.19. The average Bonchev–Trinajstić information content (AvgIpc) is 2.30. The molecule has 0 aliphatic heterocycles. The van der Waals surface area contributed by atoms with E-state index in [0.717, 1.165) is 24.2 Å². The van der Waals surface area contributed by atoms with Gasteiger partial charge in [-0.05, 0) is 38.5 Å². The van der Waals surface area contributed by atoms with Crippen molar-refractivity contribution in [3.8, 4) is 0 Å². The van der Waals surface area contributed by atoms with Crippen molar-refractivity contribution in [1.82, 2.24) is 4.90 Å². The third-order valence-electron chi connectivity index (χ3n) is 2.69. The summed E-state index contributed by atoms with van der Waals surface area (Å²) < 4.78 is 0. The Kier molecular flexibility index (Phi) is 4.87. The monoisotopic (exact) mass is 237 g/mol. The van der Waals surface area contributed by atoms with Gasteiger partial charge in [-0.2, -0.15) is 12.6 Å². The van der Waals surface area contributed by atoms with Gasteiger partial charge in [0.15, 0.2) is 0 Å². The summed E-state index contributed by atoms with van der Waals surface area (Å²) >= 11 is 4.36. The van der Waals surface area contributed by atoms with Crippen LogP contribution < -0.4 is 0 Å². The molecule has 0 heterocycles. The number of hydrogen-bond donors (Lipinski definition) is 1. The minimum Gasteiger partial charge on any atom is -0.339 e. The molecule has 1 aromatic carbocycles. The van der Waals surface area contributed by atoms with E-state index in [1.807, 2.05) is 49.9 Å². The van der Waals surface area contributed by atoms with Crippen molar-refractivity contribution >= 4 is 18.5 Å². The molecular weight excluding hydrogens is 218 g/mol. The van der Waals surface area contributed by atoms with Crippen molar-refractivity contribution in [1.29, 1.82) is 0 Å². The summed E-state index contributed by atoms with van der Waals surface area (Å²) in [5.74, 6) is 0.100. The van der Waals surface area contributed by atoms with Gasteiger partial charge in [0, 0.05) is 23.9 Å². The molecule has 0 saturated heterocycles. The first-order valence-electron chi connectivity index (χ1n) is 5.67. The Morgan fingerprint density at radius 2 is 1.75 bits per heavy atom. The lowest BCUT2D eigenvalue weighted by Crippen LogP contribution is -2.30. The van der Waals surface area contributed by atoms with Crippen LogP contribution in [0.4, 0.5) is 0 Å². The minimum atomic E-state index is 0.100. The highest BCUT2D eigenvalue weighted by atomic mass is 32.1. The summed E-state index contributed by atoms with van der Waals surface area (Å²) in [7, 11) is 0. The Labute approximate surface area is 103 Å². The number of carbonyl (C=O) groups is 1. The number of rotatable bonds is 4. The van der Waals surface area contributed by atoms with Crippen molar-refractivity contribution in [3.63, 3.8) is 0 Å². The van der Waals surface area contributed by atoms with Crippen LogP contribution >= 0.6 is 12.6 Å². The number of carbonyl (C=O) groups excluding carboxylic acids is 1. The first kappa shape index (κ1) is 13.1. The predicted octanol–water partition coefficient (Wildman–Crippen LogP) is 3.16. The van der Waals surface area contributed by atoms with Crippen molar-refractivity contribution in [2.24, 2.45) is 0 Å². The van der Waals surface area contributed by atoms with Crippen molar-refractivity contribution in [2.75, 3.05) is 13.1 Å². The van der Waals surface area contributed by atoms with E-state index in [4.69, 9.17) is 0 Å². The second-order valence-electron chi connectivity index (χ2n) is 3.78. The van der Waals surface area contributed by atoms with E-state index >= 15 is 0 Å². The van der Waals surface area contributed by atoms with E-state index in [1.165, 1.54) is 0 Å². The first-order valence-corrected chi connectivity index (χ1v) is 6.19. The van der Waals surface area contributed by atoms with Gasteiger partial charge in [0.05, 0.1) is 0 Å². The lowest BCUT2D eigenvalue weighted by atomic mass is 10.1. The van der Waals surface area contributed by atoms with Crippen molar-refractivity contribution in [2.45, 2.75) is 26.0 Å². The smallest absolute Gasteiger partial charge is 0.253 e. The third kappa shape index (κ3) is 3.01. The van der Waals surface area contributed by atoms with Gasteiger partial charge in [-0.1, -0.05) is 12.1 Å². The van der Waals surface area contributed by atoms with Crippen LogP contribution in [0, 0.1) is 0 Å². The lowest BCUT2D eigenvalue weighted by molar-refractivity contribution is 0.0773. The molecule has 88 valence electrons. The molecule has 0 aromatic heterocycles. The van der Waals surface area contributed by atoms with Gasteiger partial charge >= 0.3 is 0 Å². The quantitative estimate of drug-likeness (QED) is 0.798. The fourth-order valence-electron chi connectivity index (χ4n) is 1.60. The standard InChI is InChI=1S/C13H19NOS/c1-4-14(5-2)13(15)12-8-6-11(7-9-12)10(3)16/h6-10,16H,4-5H2,1-3H3. The molecule has 0 N–H and O–H groups in total. The van der Waals surface area contributed by atoms with E-state index in [-0.39, 0.29) is 11.2 Å². The number of amides is 1. The van der Waals surface area contributed by atoms with Gasteiger partial charge in [0.1, 0.15) is 0 Å². The SMILES string of the molecule is CCN(CC)C(=O)c1ccc(C(C)S)cc1. The van der Waals surface area contributed by atoms with Gasteiger partial charge in [0.2, 0.25) is 0 Å². The zero-order valence-corrected chi connectivity index (χ0v) is 11.0. The maximum absolute atomic E-state index is 12.0. The number of thiol groups is 1. The molecule has 1 unspecified atom stereocenters. The fraction of sp³-hybridized carbons (Fsp3) is 0.462. The van der Waals surface area contributed by atoms with Crippen LogP contribution in [-0.4, -0.2) is 23.9 Å². The minimum absolute atomic E-state index is 0.100. The van der Waals surface area contributed by atoms with Gasteiger partial charge in [-0.3, -0.25) is 4.79 Å². The van der Waals surface area contributed by atoms with Crippen LogP contribution in [0.15, 0.2) is 24.3 Å². The number of nitrogens with zero attached hydrogens (tertiary/aromatic N) is 1. The maximum atomic E-state index is 12.0. The highest BCUT2D eigenvalue weighted by Gasteiger charge is 2.12. The van der Waals surface area contributed by atoms with E-state index in [9.17, 15) is 4.79 Å². The lowest BCUT2D eigenvalue weighted by Gasteiger charge is -2.18. The Bertz CT molecular complexity index is 341. The summed E-state index contributed by atoms with van der Waals surface area (Å²) in [4.78, 5) is 13.8.